The number of pyridine rings is 1. The molecule has 2 aromatic rings. The average Bonchev–Trinajstić information content (AvgIpc) is 3.39. The van der Waals surface area contributed by atoms with Crippen molar-refractivity contribution in [2.24, 2.45) is 0 Å². The molecule has 1 aromatic heterocycles. The Balaban J connectivity index is 1.77. The number of nitrogens with one attached hydrogen (secondary N) is 2. The Hall–Kier alpha value is -2.61. The molecule has 5 nitrogen and oxygen atoms in total. The Kier molecular flexibility index (Phi) is 4.86. The van der Waals surface area contributed by atoms with Crippen LogP contribution in [-0.4, -0.2) is 22.8 Å². The van der Waals surface area contributed by atoms with Crippen LogP contribution in [0, 0.1) is 0 Å². The number of carbonyl (C=O) groups is 2. The third-order valence-corrected chi connectivity index (χ3v) is 4.03. The number of alkyl halides is 3. The molecule has 0 aliphatic heterocycles. The lowest BCUT2D eigenvalue weighted by Gasteiger charge is -2.12. The van der Waals surface area contributed by atoms with Crippen LogP contribution in [0.1, 0.15) is 39.1 Å². The third-order valence-electron chi connectivity index (χ3n) is 3.70. The number of amides is 2. The molecule has 2 amide bonds. The van der Waals surface area contributed by atoms with E-state index in [2.05, 4.69) is 15.6 Å². The first-order chi connectivity index (χ1) is 12.2. The quantitative estimate of drug-likeness (QED) is 0.841. The molecule has 1 heterocycles. The zero-order chi connectivity index (χ0) is 18.9. The standard InChI is InChI=1S/C17H13ClF3N3O2/c18-14-4-3-12(6-13(14)17(19,20)21)24-16(26)10-5-9(7-22-8-10)15(25)23-11-1-2-11/h3-8,11H,1-2H2,(H,23,25)(H,24,26). The van der Waals surface area contributed by atoms with E-state index in [9.17, 15) is 22.8 Å². The molecule has 1 fully saturated rings. The summed E-state index contributed by atoms with van der Waals surface area (Å²) in [5.74, 6) is -1.03. The SMILES string of the molecule is O=C(Nc1ccc(Cl)c(C(F)(F)F)c1)c1cncc(C(=O)NC2CC2)c1. The van der Waals surface area contributed by atoms with Gasteiger partial charge in [-0.25, -0.2) is 0 Å². The molecule has 0 saturated heterocycles. The van der Waals surface area contributed by atoms with Gasteiger partial charge >= 0.3 is 6.18 Å². The van der Waals surface area contributed by atoms with Gasteiger partial charge in [-0.3, -0.25) is 14.6 Å². The maximum Gasteiger partial charge on any atom is 0.417 e. The molecule has 9 heteroatoms. The number of anilines is 1. The van der Waals surface area contributed by atoms with E-state index in [1.165, 1.54) is 24.5 Å². The Labute approximate surface area is 151 Å². The molecule has 1 saturated carbocycles. The summed E-state index contributed by atoms with van der Waals surface area (Å²) in [7, 11) is 0. The van der Waals surface area contributed by atoms with Gasteiger partial charge in [-0.2, -0.15) is 13.2 Å². The Morgan fingerprint density at radius 3 is 2.35 bits per heavy atom. The van der Waals surface area contributed by atoms with E-state index in [0.29, 0.717) is 0 Å². The average molecular weight is 384 g/mol. The summed E-state index contributed by atoms with van der Waals surface area (Å²) in [5.41, 5.74) is -0.860. The molecule has 0 atom stereocenters. The molecule has 2 N–H and O–H groups in total. The molecule has 0 bridgehead atoms. The van der Waals surface area contributed by atoms with E-state index < -0.39 is 22.7 Å². The first-order valence-electron chi connectivity index (χ1n) is 7.68. The van der Waals surface area contributed by atoms with Crippen LogP contribution in [0.5, 0.6) is 0 Å². The normalized spacial score (nSPS) is 14.0. The smallest absolute Gasteiger partial charge is 0.349 e. The minimum atomic E-state index is -4.64. The van der Waals surface area contributed by atoms with Gasteiger partial charge in [-0.05, 0) is 37.1 Å². The van der Waals surface area contributed by atoms with Crippen molar-refractivity contribution in [2.75, 3.05) is 5.32 Å². The molecule has 1 aliphatic rings. The number of hydrogen-bond donors (Lipinski definition) is 2. The molecule has 136 valence electrons. The van der Waals surface area contributed by atoms with Crippen LogP contribution in [-0.2, 0) is 6.18 Å². The molecule has 0 unspecified atom stereocenters. The zero-order valence-corrected chi connectivity index (χ0v) is 14.0. The van der Waals surface area contributed by atoms with Gasteiger partial charge in [0, 0.05) is 24.1 Å². The summed E-state index contributed by atoms with van der Waals surface area (Å²) in [6.07, 6.45) is -0.266. The van der Waals surface area contributed by atoms with E-state index in [1.807, 2.05) is 0 Å². The molecule has 26 heavy (non-hydrogen) atoms. The highest BCUT2D eigenvalue weighted by molar-refractivity contribution is 6.31. The van der Waals surface area contributed by atoms with Crippen molar-refractivity contribution >= 4 is 29.1 Å². The molecular weight excluding hydrogens is 371 g/mol. The van der Waals surface area contributed by atoms with Crippen molar-refractivity contribution in [1.29, 1.82) is 0 Å². The topological polar surface area (TPSA) is 71.1 Å². The molecule has 1 aliphatic carbocycles. The lowest BCUT2D eigenvalue weighted by atomic mass is 10.1. The van der Waals surface area contributed by atoms with E-state index in [1.54, 1.807) is 0 Å². The highest BCUT2D eigenvalue weighted by atomic mass is 35.5. The second-order valence-corrected chi connectivity index (χ2v) is 6.26. The third kappa shape index (κ3) is 4.32. The van der Waals surface area contributed by atoms with Crippen LogP contribution < -0.4 is 10.6 Å². The predicted octanol–water partition coefficient (Wildman–Crippen LogP) is 3.90. The van der Waals surface area contributed by atoms with Crippen LogP contribution >= 0.6 is 11.6 Å². The predicted molar refractivity (Wildman–Crippen MR) is 89.1 cm³/mol. The van der Waals surface area contributed by atoms with Gasteiger partial charge < -0.3 is 10.6 Å². The van der Waals surface area contributed by atoms with Crippen molar-refractivity contribution < 1.29 is 22.8 Å². The Morgan fingerprint density at radius 1 is 1.08 bits per heavy atom. The Bertz CT molecular complexity index is 867. The van der Waals surface area contributed by atoms with Crippen LogP contribution in [0.4, 0.5) is 18.9 Å². The second kappa shape index (κ2) is 6.95. The number of halogens is 4. The minimum absolute atomic E-state index is 0.0527. The maximum atomic E-state index is 12.9. The fourth-order valence-electron chi connectivity index (χ4n) is 2.21. The van der Waals surface area contributed by atoms with E-state index in [-0.39, 0.29) is 28.8 Å². The van der Waals surface area contributed by atoms with E-state index in [0.717, 1.165) is 25.0 Å². The molecule has 1 aromatic carbocycles. The first-order valence-corrected chi connectivity index (χ1v) is 8.06. The summed E-state index contributed by atoms with van der Waals surface area (Å²) in [6, 6.07) is 4.54. The second-order valence-electron chi connectivity index (χ2n) is 5.86. The van der Waals surface area contributed by atoms with Gasteiger partial charge in [0.1, 0.15) is 0 Å². The van der Waals surface area contributed by atoms with E-state index in [4.69, 9.17) is 11.6 Å². The van der Waals surface area contributed by atoms with Crippen LogP contribution in [0.15, 0.2) is 36.7 Å². The fraction of sp³-hybridized carbons (Fsp3) is 0.235. The van der Waals surface area contributed by atoms with Crippen LogP contribution in [0.3, 0.4) is 0 Å². The van der Waals surface area contributed by atoms with Gasteiger partial charge in [0.25, 0.3) is 11.8 Å². The van der Waals surface area contributed by atoms with Gasteiger partial charge in [0.15, 0.2) is 0 Å². The van der Waals surface area contributed by atoms with Crippen LogP contribution in [0.2, 0.25) is 5.02 Å². The summed E-state index contributed by atoms with van der Waals surface area (Å²) in [4.78, 5) is 28.1. The number of rotatable bonds is 4. The Morgan fingerprint density at radius 2 is 1.73 bits per heavy atom. The lowest BCUT2D eigenvalue weighted by Crippen LogP contribution is -2.26. The summed E-state index contributed by atoms with van der Waals surface area (Å²) in [5, 5.41) is 4.65. The van der Waals surface area contributed by atoms with Gasteiger partial charge in [-0.1, -0.05) is 11.6 Å². The first kappa shape index (κ1) is 18.2. The number of benzene rings is 1. The number of carbonyl (C=O) groups excluding carboxylic acids is 2. The molecule has 0 spiro atoms. The zero-order valence-electron chi connectivity index (χ0n) is 13.2. The van der Waals surface area contributed by atoms with Crippen molar-refractivity contribution in [3.8, 4) is 0 Å². The van der Waals surface area contributed by atoms with Crippen molar-refractivity contribution in [3.63, 3.8) is 0 Å². The highest BCUT2D eigenvalue weighted by Gasteiger charge is 2.33. The lowest BCUT2D eigenvalue weighted by molar-refractivity contribution is -0.137. The monoisotopic (exact) mass is 383 g/mol. The number of nitrogens with zero attached hydrogens (tertiary/aromatic N) is 1. The summed E-state index contributed by atoms with van der Waals surface area (Å²) in [6.45, 7) is 0. The van der Waals surface area contributed by atoms with Gasteiger partial charge in [-0.15, -0.1) is 0 Å². The van der Waals surface area contributed by atoms with E-state index >= 15 is 0 Å². The molecule has 3 rings (SSSR count). The largest absolute Gasteiger partial charge is 0.417 e. The highest BCUT2D eigenvalue weighted by Crippen LogP contribution is 2.36. The van der Waals surface area contributed by atoms with Crippen molar-refractivity contribution in [2.45, 2.75) is 25.1 Å². The van der Waals surface area contributed by atoms with Crippen LogP contribution in [0.25, 0.3) is 0 Å². The summed E-state index contributed by atoms with van der Waals surface area (Å²) >= 11 is 5.55. The number of hydrogen-bond acceptors (Lipinski definition) is 3. The molecular formula is C17H13ClF3N3O2. The van der Waals surface area contributed by atoms with Crippen molar-refractivity contribution in [1.82, 2.24) is 10.3 Å². The fourth-order valence-corrected chi connectivity index (χ4v) is 2.43. The maximum absolute atomic E-state index is 12.9. The van der Waals surface area contributed by atoms with Gasteiger partial charge in [0.05, 0.1) is 21.7 Å². The minimum Gasteiger partial charge on any atom is -0.349 e. The summed E-state index contributed by atoms with van der Waals surface area (Å²) < 4.78 is 38.7. The number of aromatic nitrogens is 1. The van der Waals surface area contributed by atoms with Gasteiger partial charge in [0.2, 0.25) is 0 Å². The molecule has 0 radical (unpaired) electrons. The van der Waals surface area contributed by atoms with Crippen molar-refractivity contribution in [3.05, 3.63) is 58.4 Å².